The van der Waals surface area contributed by atoms with Crippen LogP contribution in [0.4, 0.5) is 11.4 Å². The molecule has 0 saturated carbocycles. The third-order valence-electron chi connectivity index (χ3n) is 1.67. The Labute approximate surface area is 61.7 Å². The molecule has 2 N–H and O–H groups in total. The molecule has 0 aromatic heterocycles. The Bertz CT molecular complexity index is 225. The third kappa shape index (κ3) is 0.727. The molecule has 0 atom stereocenters. The number of rotatable bonds is 0. The van der Waals surface area contributed by atoms with E-state index in [1.54, 1.807) is 0 Å². The number of hydrogen-bond donors (Lipinski definition) is 2. The van der Waals surface area contributed by atoms with E-state index in [1.807, 2.05) is 12.1 Å². The minimum absolute atomic E-state index is 0. The van der Waals surface area contributed by atoms with Crippen LogP contribution in [0.1, 0.15) is 8.35 Å². The van der Waals surface area contributed by atoms with Crippen LogP contribution in [0.25, 0.3) is 0 Å². The van der Waals surface area contributed by atoms with Crippen LogP contribution in [-0.4, -0.2) is 6.17 Å². The van der Waals surface area contributed by atoms with Crippen LogP contribution in [0.15, 0.2) is 24.3 Å². The number of fused-ring (bicyclic) bond motifs is 1. The lowest BCUT2D eigenvalue weighted by Gasteiger charge is -2.01. The summed E-state index contributed by atoms with van der Waals surface area (Å²) < 4.78 is 0. The van der Waals surface area contributed by atoms with Crippen molar-refractivity contribution in [3.05, 3.63) is 24.3 Å². The molecule has 0 unspecified atom stereocenters. The highest BCUT2D eigenvalue weighted by atomic mass is 15.2. The van der Waals surface area contributed by atoms with Crippen LogP contribution in [0.5, 0.6) is 0 Å². The number of nitrogens with one attached hydrogen (secondary N) is 2. The van der Waals surface area contributed by atoms with Gasteiger partial charge < -0.3 is 10.6 Å². The molecule has 1 aliphatic heterocycles. The number of benzene rings is 1. The molecule has 0 spiro atoms. The van der Waals surface area contributed by atoms with Crippen LogP contribution in [0.2, 0.25) is 0 Å². The Morgan fingerprint density at radius 2 is 1.70 bits per heavy atom. The van der Waals surface area contributed by atoms with Crippen LogP contribution < -0.4 is 10.6 Å². The van der Waals surface area contributed by atoms with E-state index in [0.717, 1.165) is 0 Å². The quantitative estimate of drug-likeness (QED) is 0.570. The highest BCUT2D eigenvalue weighted by Gasteiger charge is 2.12. The van der Waals surface area contributed by atoms with Crippen molar-refractivity contribution in [1.29, 1.82) is 0 Å². The maximum atomic E-state index is 3.29. The Morgan fingerprint density at radius 3 is 2.20 bits per heavy atom. The van der Waals surface area contributed by atoms with Gasteiger partial charge in [0.05, 0.1) is 17.5 Å². The molecule has 0 saturated heterocycles. The van der Waals surface area contributed by atoms with Gasteiger partial charge in [-0.15, -0.1) is 0 Å². The van der Waals surface area contributed by atoms with Gasteiger partial charge in [-0.25, -0.2) is 0 Å². The normalized spacial score (nSPS) is 15.7. The van der Waals surface area contributed by atoms with Gasteiger partial charge in [-0.3, -0.25) is 0 Å². The van der Waals surface area contributed by atoms with Crippen LogP contribution in [-0.2, 0) is 0 Å². The van der Waals surface area contributed by atoms with Gasteiger partial charge in [0.1, 0.15) is 0 Å². The molecule has 0 aliphatic carbocycles. The van der Waals surface area contributed by atoms with Crippen molar-refractivity contribution in [1.82, 2.24) is 0 Å². The molecule has 2 rings (SSSR count). The summed E-state index contributed by atoms with van der Waals surface area (Å²) in [5, 5.41) is 6.57. The topological polar surface area (TPSA) is 24.1 Å². The molecule has 0 bridgehead atoms. The first-order chi connectivity index (χ1) is 4.86. The molecule has 2 nitrogen and oxygen atoms in total. The molecule has 0 radical (unpaired) electrons. The summed E-state index contributed by atoms with van der Waals surface area (Å²) >= 11 is 0. The van der Waals surface area contributed by atoms with Crippen molar-refractivity contribution in [3.63, 3.8) is 0 Å². The second-order valence-corrected chi connectivity index (χ2v) is 2.56. The maximum absolute atomic E-state index is 3.29. The predicted octanol–water partition coefficient (Wildman–Crippen LogP) is 2.12. The van der Waals surface area contributed by atoms with Gasteiger partial charge >= 0.3 is 0 Å². The first-order valence-electron chi connectivity index (χ1n) is 3.48. The van der Waals surface area contributed by atoms with Crippen molar-refractivity contribution < 1.29 is 1.43 Å². The van der Waals surface area contributed by atoms with E-state index in [1.165, 1.54) is 11.4 Å². The SMILES string of the molecule is CC1Nc2ccccc2N1.[HH]. The summed E-state index contributed by atoms with van der Waals surface area (Å²) in [5.41, 5.74) is 2.41. The van der Waals surface area contributed by atoms with Gasteiger partial charge in [0, 0.05) is 1.43 Å². The standard InChI is InChI=1S/C8H10N2.H2/c1-6-9-7-4-2-3-5-8(7)10-6;/h2-6,9-10H,1H3;1H. The summed E-state index contributed by atoms with van der Waals surface area (Å²) in [6.07, 6.45) is 0.373. The summed E-state index contributed by atoms with van der Waals surface area (Å²) in [5.74, 6) is 0. The zero-order valence-electron chi connectivity index (χ0n) is 5.89. The van der Waals surface area contributed by atoms with Crippen molar-refractivity contribution >= 4 is 11.4 Å². The van der Waals surface area contributed by atoms with E-state index in [4.69, 9.17) is 0 Å². The Morgan fingerprint density at radius 1 is 1.20 bits per heavy atom. The average molecular weight is 136 g/mol. The van der Waals surface area contributed by atoms with E-state index in [2.05, 4.69) is 29.7 Å². The summed E-state index contributed by atoms with van der Waals surface area (Å²) in [6, 6.07) is 8.22. The first kappa shape index (κ1) is 5.59. The smallest absolute Gasteiger partial charge is 0.0935 e. The molecule has 1 heterocycles. The lowest BCUT2D eigenvalue weighted by atomic mass is 10.3. The van der Waals surface area contributed by atoms with E-state index in [0.29, 0.717) is 6.17 Å². The largest absolute Gasteiger partial charge is 0.364 e. The van der Waals surface area contributed by atoms with Crippen LogP contribution in [0, 0.1) is 0 Å². The van der Waals surface area contributed by atoms with Crippen molar-refractivity contribution in [2.45, 2.75) is 13.1 Å². The minimum atomic E-state index is 0. The molecule has 1 aromatic rings. The molecule has 1 aliphatic rings. The Kier molecular flexibility index (Phi) is 1.07. The number of anilines is 2. The second-order valence-electron chi connectivity index (χ2n) is 2.56. The van der Waals surface area contributed by atoms with Gasteiger partial charge in [0.25, 0.3) is 0 Å². The van der Waals surface area contributed by atoms with Crippen molar-refractivity contribution in [2.24, 2.45) is 0 Å². The molecule has 10 heavy (non-hydrogen) atoms. The zero-order chi connectivity index (χ0) is 6.97. The van der Waals surface area contributed by atoms with Crippen LogP contribution in [0.3, 0.4) is 0 Å². The summed E-state index contributed by atoms with van der Waals surface area (Å²) in [4.78, 5) is 0. The van der Waals surface area contributed by atoms with Crippen molar-refractivity contribution in [3.8, 4) is 0 Å². The van der Waals surface area contributed by atoms with E-state index in [-0.39, 0.29) is 1.43 Å². The van der Waals surface area contributed by atoms with Gasteiger partial charge in [-0.1, -0.05) is 12.1 Å². The second kappa shape index (κ2) is 1.90. The van der Waals surface area contributed by atoms with Crippen LogP contribution >= 0.6 is 0 Å². The van der Waals surface area contributed by atoms with Gasteiger partial charge in [0.2, 0.25) is 0 Å². The predicted molar refractivity (Wildman–Crippen MR) is 45.3 cm³/mol. The molecule has 2 heteroatoms. The maximum Gasteiger partial charge on any atom is 0.0935 e. The summed E-state index contributed by atoms with van der Waals surface area (Å²) in [7, 11) is 0. The number of hydrogen-bond acceptors (Lipinski definition) is 2. The number of para-hydroxylation sites is 2. The summed E-state index contributed by atoms with van der Waals surface area (Å²) in [6.45, 7) is 2.10. The fourth-order valence-corrected chi connectivity index (χ4v) is 1.24. The highest BCUT2D eigenvalue weighted by molar-refractivity contribution is 5.73. The van der Waals surface area contributed by atoms with Gasteiger partial charge in [0.15, 0.2) is 0 Å². The molecule has 1 aromatic carbocycles. The van der Waals surface area contributed by atoms with Gasteiger partial charge in [-0.05, 0) is 19.1 Å². The molecule has 0 amide bonds. The molecule has 54 valence electrons. The first-order valence-corrected chi connectivity index (χ1v) is 3.48. The minimum Gasteiger partial charge on any atom is -0.364 e. The highest BCUT2D eigenvalue weighted by Crippen LogP contribution is 2.27. The Balaban J connectivity index is 0.000000605. The Hall–Kier alpha value is -1.18. The van der Waals surface area contributed by atoms with Gasteiger partial charge in [-0.2, -0.15) is 0 Å². The molecular weight excluding hydrogens is 124 g/mol. The monoisotopic (exact) mass is 136 g/mol. The van der Waals surface area contributed by atoms with E-state index >= 15 is 0 Å². The fraction of sp³-hybridized carbons (Fsp3) is 0.250. The van der Waals surface area contributed by atoms with E-state index < -0.39 is 0 Å². The fourth-order valence-electron chi connectivity index (χ4n) is 1.24. The van der Waals surface area contributed by atoms with Crippen molar-refractivity contribution in [2.75, 3.05) is 10.6 Å². The molecule has 0 fully saturated rings. The lowest BCUT2D eigenvalue weighted by Crippen LogP contribution is -2.16. The average Bonchev–Trinajstić information content (AvgIpc) is 2.27. The lowest BCUT2D eigenvalue weighted by molar-refractivity contribution is 0.956. The van der Waals surface area contributed by atoms with E-state index in [9.17, 15) is 0 Å². The molecular formula is C8H12N2. The zero-order valence-corrected chi connectivity index (χ0v) is 5.89. The third-order valence-corrected chi connectivity index (χ3v) is 1.67.